The minimum absolute atomic E-state index is 0.0547. The quantitative estimate of drug-likeness (QED) is 0.416. The number of rotatable bonds is 4. The Hall–Kier alpha value is -3.36. The lowest BCUT2D eigenvalue weighted by atomic mass is 10.1. The Morgan fingerprint density at radius 3 is 2.53 bits per heavy atom. The van der Waals surface area contributed by atoms with Gasteiger partial charge < -0.3 is 9.52 Å². The van der Waals surface area contributed by atoms with E-state index < -0.39 is 17.8 Å². The van der Waals surface area contributed by atoms with Crippen LogP contribution in [0.25, 0.3) is 17.4 Å². The van der Waals surface area contributed by atoms with E-state index in [4.69, 9.17) is 16.0 Å². The second-order valence-corrected chi connectivity index (χ2v) is 7.64. The number of anilines is 1. The monoisotopic (exact) mass is 486 g/mol. The maximum atomic E-state index is 12.7. The van der Waals surface area contributed by atoms with Crippen molar-refractivity contribution in [3.63, 3.8) is 0 Å². The van der Waals surface area contributed by atoms with Gasteiger partial charge >= 0.3 is 5.97 Å². The van der Waals surface area contributed by atoms with Crippen molar-refractivity contribution in [3.8, 4) is 11.3 Å². The number of furan rings is 1. The first-order chi connectivity index (χ1) is 14.3. The predicted molar refractivity (Wildman–Crippen MR) is 114 cm³/mol. The number of amides is 2. The molecular formula is C21H12BrClN2O5. The number of carboxylic acid groups (broad SMARTS) is 1. The summed E-state index contributed by atoms with van der Waals surface area (Å²) in [4.78, 5) is 36.2. The predicted octanol–water partition coefficient (Wildman–Crippen LogP) is 4.52. The van der Waals surface area contributed by atoms with Gasteiger partial charge in [0, 0.05) is 10.0 Å². The van der Waals surface area contributed by atoms with Crippen LogP contribution in [0.3, 0.4) is 0 Å². The highest BCUT2D eigenvalue weighted by molar-refractivity contribution is 9.10. The Labute approximate surface area is 183 Å². The highest BCUT2D eigenvalue weighted by Gasteiger charge is 2.34. The SMILES string of the molecule is O=C1NN(c2ccc(Br)cc2)C(=O)/C1=C\c1ccc(-c2ccc(Cl)c(C(=O)O)c2)o1. The van der Waals surface area contributed by atoms with Crippen LogP contribution in [0, 0.1) is 0 Å². The summed E-state index contributed by atoms with van der Waals surface area (Å²) < 4.78 is 6.53. The number of hydrogen-bond acceptors (Lipinski definition) is 4. The number of carboxylic acids is 1. The average Bonchev–Trinajstić information content (AvgIpc) is 3.29. The molecule has 4 rings (SSSR count). The molecule has 1 saturated heterocycles. The fourth-order valence-electron chi connectivity index (χ4n) is 2.90. The number of aromatic carboxylic acids is 1. The largest absolute Gasteiger partial charge is 0.478 e. The van der Waals surface area contributed by atoms with Crippen LogP contribution in [0.2, 0.25) is 5.02 Å². The molecule has 2 heterocycles. The number of benzene rings is 2. The lowest BCUT2D eigenvalue weighted by Gasteiger charge is -2.14. The van der Waals surface area contributed by atoms with Gasteiger partial charge in [0.2, 0.25) is 0 Å². The summed E-state index contributed by atoms with van der Waals surface area (Å²) in [7, 11) is 0. The van der Waals surface area contributed by atoms with Crippen molar-refractivity contribution in [2.24, 2.45) is 0 Å². The molecule has 0 spiro atoms. The fourth-order valence-corrected chi connectivity index (χ4v) is 3.36. The zero-order valence-electron chi connectivity index (χ0n) is 15.1. The molecule has 0 bridgehead atoms. The molecule has 1 fully saturated rings. The maximum absolute atomic E-state index is 12.7. The van der Waals surface area contributed by atoms with Crippen LogP contribution in [0.15, 0.2) is 69.1 Å². The van der Waals surface area contributed by atoms with Crippen molar-refractivity contribution in [3.05, 3.63) is 81.0 Å². The molecule has 9 heteroatoms. The summed E-state index contributed by atoms with van der Waals surface area (Å²) in [6.07, 6.45) is 1.34. The number of hydrogen-bond donors (Lipinski definition) is 2. The molecule has 2 aromatic carbocycles. The van der Waals surface area contributed by atoms with Crippen molar-refractivity contribution in [2.75, 3.05) is 5.01 Å². The molecule has 0 radical (unpaired) electrons. The summed E-state index contributed by atoms with van der Waals surface area (Å²) in [6.45, 7) is 0. The fraction of sp³-hybridized carbons (Fsp3) is 0. The van der Waals surface area contributed by atoms with Crippen molar-refractivity contribution in [1.82, 2.24) is 5.43 Å². The Kier molecular flexibility index (Phi) is 5.19. The lowest BCUT2D eigenvalue weighted by molar-refractivity contribution is -0.117. The highest BCUT2D eigenvalue weighted by atomic mass is 79.9. The molecule has 30 heavy (non-hydrogen) atoms. The summed E-state index contributed by atoms with van der Waals surface area (Å²) in [5.41, 5.74) is 3.39. The van der Waals surface area contributed by atoms with E-state index in [1.165, 1.54) is 18.2 Å². The van der Waals surface area contributed by atoms with Crippen LogP contribution < -0.4 is 10.4 Å². The third-order valence-electron chi connectivity index (χ3n) is 4.37. The van der Waals surface area contributed by atoms with Crippen LogP contribution in [-0.2, 0) is 9.59 Å². The van der Waals surface area contributed by atoms with Crippen molar-refractivity contribution < 1.29 is 23.9 Å². The van der Waals surface area contributed by atoms with Crippen LogP contribution in [0.5, 0.6) is 0 Å². The molecule has 1 aliphatic rings. The van der Waals surface area contributed by atoms with Gasteiger partial charge in [-0.1, -0.05) is 27.5 Å². The minimum Gasteiger partial charge on any atom is -0.478 e. The normalized spacial score (nSPS) is 15.0. The summed E-state index contributed by atoms with van der Waals surface area (Å²) >= 11 is 9.21. The number of halogens is 2. The molecule has 2 amide bonds. The molecule has 7 nitrogen and oxygen atoms in total. The van der Waals surface area contributed by atoms with Crippen molar-refractivity contribution >= 4 is 57.1 Å². The van der Waals surface area contributed by atoms with E-state index in [9.17, 15) is 19.5 Å². The number of carbonyl (C=O) groups excluding carboxylic acids is 2. The zero-order chi connectivity index (χ0) is 21.4. The summed E-state index contributed by atoms with van der Waals surface area (Å²) in [6, 6.07) is 14.6. The van der Waals surface area contributed by atoms with Crippen molar-refractivity contribution in [1.29, 1.82) is 0 Å². The number of nitrogens with one attached hydrogen (secondary N) is 1. The average molecular weight is 488 g/mol. The Balaban J connectivity index is 1.62. The first kappa shape index (κ1) is 19.9. The van der Waals surface area contributed by atoms with Crippen molar-refractivity contribution in [2.45, 2.75) is 0 Å². The van der Waals surface area contributed by atoms with E-state index in [2.05, 4.69) is 21.4 Å². The first-order valence-electron chi connectivity index (χ1n) is 8.59. The van der Waals surface area contributed by atoms with Gasteiger partial charge in [-0.05, 0) is 60.7 Å². The van der Waals surface area contributed by atoms with E-state index in [1.54, 1.807) is 42.5 Å². The molecule has 2 N–H and O–H groups in total. The molecule has 0 unspecified atom stereocenters. The molecular weight excluding hydrogens is 476 g/mol. The second-order valence-electron chi connectivity index (χ2n) is 6.32. The van der Waals surface area contributed by atoms with E-state index in [0.717, 1.165) is 9.48 Å². The van der Waals surface area contributed by atoms with Crippen LogP contribution in [0.4, 0.5) is 5.69 Å². The molecule has 3 aromatic rings. The van der Waals surface area contributed by atoms with Gasteiger partial charge in [0.15, 0.2) is 0 Å². The molecule has 1 aliphatic heterocycles. The first-order valence-corrected chi connectivity index (χ1v) is 9.76. The third kappa shape index (κ3) is 3.74. The molecule has 1 aromatic heterocycles. The van der Waals surface area contributed by atoms with E-state index in [1.807, 2.05) is 0 Å². The second kappa shape index (κ2) is 7.81. The van der Waals surface area contributed by atoms with E-state index in [-0.39, 0.29) is 21.9 Å². The van der Waals surface area contributed by atoms with E-state index >= 15 is 0 Å². The van der Waals surface area contributed by atoms with Gasteiger partial charge in [0.1, 0.15) is 17.1 Å². The molecule has 0 aliphatic carbocycles. The van der Waals surface area contributed by atoms with Crippen LogP contribution in [-0.4, -0.2) is 22.9 Å². The summed E-state index contributed by atoms with van der Waals surface area (Å²) in [5, 5.41) is 10.5. The highest BCUT2D eigenvalue weighted by Crippen LogP contribution is 2.29. The van der Waals surface area contributed by atoms with Gasteiger partial charge in [-0.2, -0.15) is 0 Å². The third-order valence-corrected chi connectivity index (χ3v) is 5.23. The number of hydrazine groups is 1. The zero-order valence-corrected chi connectivity index (χ0v) is 17.4. The van der Waals surface area contributed by atoms with Gasteiger partial charge in [-0.3, -0.25) is 15.0 Å². The maximum Gasteiger partial charge on any atom is 0.337 e. The van der Waals surface area contributed by atoms with Crippen LogP contribution >= 0.6 is 27.5 Å². The minimum atomic E-state index is -1.16. The van der Waals surface area contributed by atoms with Gasteiger partial charge in [0.05, 0.1) is 16.3 Å². The Bertz CT molecular complexity index is 1220. The molecule has 0 atom stereocenters. The Morgan fingerprint density at radius 2 is 1.83 bits per heavy atom. The van der Waals surface area contributed by atoms with Gasteiger partial charge in [0.25, 0.3) is 11.8 Å². The smallest absolute Gasteiger partial charge is 0.337 e. The van der Waals surface area contributed by atoms with Crippen LogP contribution in [0.1, 0.15) is 16.1 Å². The Morgan fingerprint density at radius 1 is 1.10 bits per heavy atom. The number of carbonyl (C=O) groups is 3. The topological polar surface area (TPSA) is 99.9 Å². The standard InChI is InChI=1S/C21H12BrClN2O5/c22-12-2-4-13(5-3-12)25-20(27)16(19(26)24-25)10-14-6-8-18(30-14)11-1-7-17(23)15(9-11)21(28)29/h1-10H,(H,24,26)(H,28,29)/b16-10-. The molecule has 150 valence electrons. The molecule has 0 saturated carbocycles. The number of nitrogens with zero attached hydrogens (tertiary/aromatic N) is 1. The lowest BCUT2D eigenvalue weighted by Crippen LogP contribution is -2.35. The van der Waals surface area contributed by atoms with Gasteiger partial charge in [-0.15, -0.1) is 0 Å². The van der Waals surface area contributed by atoms with E-state index in [0.29, 0.717) is 17.0 Å². The summed E-state index contributed by atoms with van der Waals surface area (Å²) in [5.74, 6) is -1.58. The van der Waals surface area contributed by atoms with Gasteiger partial charge in [-0.25, -0.2) is 9.80 Å².